The van der Waals surface area contributed by atoms with Gasteiger partial charge in [0.15, 0.2) is 6.10 Å². The highest BCUT2D eigenvalue weighted by Crippen LogP contribution is 2.34. The van der Waals surface area contributed by atoms with E-state index in [9.17, 15) is 23.1 Å². The van der Waals surface area contributed by atoms with Gasteiger partial charge < -0.3 is 10.0 Å². The van der Waals surface area contributed by atoms with Crippen molar-refractivity contribution in [1.82, 2.24) is 14.7 Å². The summed E-state index contributed by atoms with van der Waals surface area (Å²) in [4.78, 5) is 13.4. The first-order valence-electron chi connectivity index (χ1n) is 8.62. The summed E-state index contributed by atoms with van der Waals surface area (Å²) in [5, 5.41) is 14.1. The zero-order valence-electron chi connectivity index (χ0n) is 14.7. The van der Waals surface area contributed by atoms with Crippen molar-refractivity contribution in [2.75, 3.05) is 13.1 Å². The molecule has 0 spiro atoms. The van der Waals surface area contributed by atoms with Crippen LogP contribution in [0.2, 0.25) is 0 Å². The van der Waals surface area contributed by atoms with Crippen molar-refractivity contribution in [2.24, 2.45) is 5.92 Å². The predicted octanol–water partition coefficient (Wildman–Crippen LogP) is 2.79. The second kappa shape index (κ2) is 7.60. The number of benzene rings is 1. The predicted molar refractivity (Wildman–Crippen MR) is 97.3 cm³/mol. The molecule has 146 valence electrons. The van der Waals surface area contributed by atoms with Crippen LogP contribution in [-0.2, 0) is 4.79 Å². The van der Waals surface area contributed by atoms with Gasteiger partial charge in [0.25, 0.3) is 11.6 Å². The summed E-state index contributed by atoms with van der Waals surface area (Å²) in [5.74, 6) is -1.24. The summed E-state index contributed by atoms with van der Waals surface area (Å²) in [6.07, 6.45) is -0.0163. The van der Waals surface area contributed by atoms with Crippen molar-refractivity contribution in [3.8, 4) is 5.69 Å². The second-order valence-electron chi connectivity index (χ2n) is 6.90. The Morgan fingerprint density at radius 2 is 2.00 bits per heavy atom. The van der Waals surface area contributed by atoms with Gasteiger partial charge in [-0.1, -0.05) is 16.2 Å². The van der Waals surface area contributed by atoms with Crippen LogP contribution in [0.4, 0.5) is 13.2 Å². The zero-order valence-corrected chi connectivity index (χ0v) is 15.9. The molecule has 0 saturated carbocycles. The van der Waals surface area contributed by atoms with E-state index in [4.69, 9.17) is 0 Å². The number of likely N-dealkylation sites (tertiary alicyclic amines) is 1. The van der Waals surface area contributed by atoms with Crippen molar-refractivity contribution >= 4 is 15.1 Å². The smallest absolute Gasteiger partial charge is 0.293 e. The molecular weight excluding hydrogens is 378 g/mol. The molecule has 2 heterocycles. The fourth-order valence-electron chi connectivity index (χ4n) is 3.40. The van der Waals surface area contributed by atoms with Crippen LogP contribution in [-0.4, -0.2) is 50.6 Å². The number of rotatable bonds is 4. The van der Waals surface area contributed by atoms with E-state index in [0.29, 0.717) is 6.42 Å². The van der Waals surface area contributed by atoms with E-state index in [1.54, 1.807) is 23.0 Å². The van der Waals surface area contributed by atoms with Gasteiger partial charge >= 0.3 is 0 Å². The molecule has 1 aliphatic heterocycles. The quantitative estimate of drug-likeness (QED) is 0.805. The molecule has 1 amide bonds. The molecule has 0 aliphatic carbocycles. The molecule has 1 fully saturated rings. The number of aliphatic hydroxyl groups is 1. The topological polar surface area (TPSA) is 58.4 Å². The molecule has 9 heteroatoms. The van der Waals surface area contributed by atoms with Gasteiger partial charge in [-0.25, -0.2) is 9.07 Å². The Bertz CT molecular complexity index is 807. The molecule has 4 atom stereocenters. The third-order valence-electron chi connectivity index (χ3n) is 4.90. The number of hydrogen-bond acceptors (Lipinski definition) is 3. The number of alkyl halides is 2. The van der Waals surface area contributed by atoms with E-state index in [2.05, 4.69) is 5.10 Å². The monoisotopic (exact) mass is 399 g/mol. The van der Waals surface area contributed by atoms with Crippen molar-refractivity contribution in [1.29, 1.82) is 0 Å². The first-order valence-corrected chi connectivity index (χ1v) is 9.19. The minimum absolute atomic E-state index is 0.00963. The summed E-state index contributed by atoms with van der Waals surface area (Å²) >= 11 is 0. The van der Waals surface area contributed by atoms with Crippen LogP contribution in [0.25, 0.3) is 5.69 Å². The summed E-state index contributed by atoms with van der Waals surface area (Å²) in [6, 6.07) is 7.84. The fourth-order valence-corrected chi connectivity index (χ4v) is 3.54. The molecule has 3 rings (SSSR count). The molecule has 1 saturated heterocycles. The van der Waals surface area contributed by atoms with Gasteiger partial charge in [0, 0.05) is 25.2 Å². The van der Waals surface area contributed by atoms with Crippen LogP contribution in [0, 0.1) is 11.7 Å². The lowest BCUT2D eigenvalue weighted by molar-refractivity contribution is -0.153. The van der Waals surface area contributed by atoms with Crippen LogP contribution < -0.4 is 0 Å². The standard InChI is InChI=1S/C18H21F3N3O2P/c1-11-10-23(17(26)16(25)18(20,21)27)8-6-14(11)15-7-9-24(22-15)13-4-2-12(19)3-5-13/h2-5,7,9,11,14,16,25H,6,8,10,27H2,1H3. The maximum absolute atomic E-state index is 13.2. The molecule has 0 radical (unpaired) electrons. The first kappa shape index (κ1) is 19.8. The fraction of sp³-hybridized carbons (Fsp3) is 0.444. The highest BCUT2D eigenvalue weighted by atomic mass is 31.0. The molecule has 1 N–H and O–H groups in total. The second-order valence-corrected chi connectivity index (χ2v) is 7.67. The number of carbonyl (C=O) groups is 1. The maximum atomic E-state index is 13.2. The number of halogens is 3. The van der Waals surface area contributed by atoms with Crippen LogP contribution in [0.15, 0.2) is 36.5 Å². The molecule has 0 bridgehead atoms. The molecule has 27 heavy (non-hydrogen) atoms. The van der Waals surface area contributed by atoms with Crippen LogP contribution in [0.1, 0.15) is 25.0 Å². The third kappa shape index (κ3) is 4.33. The first-order chi connectivity index (χ1) is 12.7. The molecule has 4 unspecified atom stereocenters. The molecule has 1 aliphatic rings. The van der Waals surface area contributed by atoms with E-state index >= 15 is 0 Å². The molecular formula is C18H21F3N3O2P. The van der Waals surface area contributed by atoms with Crippen molar-refractivity contribution in [3.05, 3.63) is 48.0 Å². The van der Waals surface area contributed by atoms with E-state index in [0.717, 1.165) is 11.4 Å². The largest absolute Gasteiger partial charge is 0.378 e. The van der Waals surface area contributed by atoms with Gasteiger partial charge in [0.2, 0.25) is 0 Å². The lowest BCUT2D eigenvalue weighted by Gasteiger charge is -2.37. The Kier molecular flexibility index (Phi) is 5.58. The molecule has 1 aromatic carbocycles. The van der Waals surface area contributed by atoms with Crippen LogP contribution in [0.3, 0.4) is 0 Å². The number of aliphatic hydroxyl groups excluding tert-OH is 1. The lowest BCUT2D eigenvalue weighted by atomic mass is 9.84. The summed E-state index contributed by atoms with van der Waals surface area (Å²) in [6.45, 7) is 2.46. The number of hydrogen-bond donors (Lipinski definition) is 1. The van der Waals surface area contributed by atoms with Crippen LogP contribution in [0.5, 0.6) is 0 Å². The van der Waals surface area contributed by atoms with E-state index < -0.39 is 17.7 Å². The van der Waals surface area contributed by atoms with Gasteiger partial charge in [-0.2, -0.15) is 13.9 Å². The Morgan fingerprint density at radius 1 is 1.33 bits per heavy atom. The van der Waals surface area contributed by atoms with E-state index in [1.165, 1.54) is 26.3 Å². The number of piperidine rings is 1. The normalized spacial score (nSPS) is 21.9. The highest BCUT2D eigenvalue weighted by molar-refractivity contribution is 7.18. The molecule has 2 aromatic rings. The zero-order chi connectivity index (χ0) is 19.8. The van der Waals surface area contributed by atoms with Gasteiger partial charge in [-0.3, -0.25) is 4.79 Å². The Balaban J connectivity index is 1.69. The summed E-state index contributed by atoms with van der Waals surface area (Å²) in [5.41, 5.74) is -1.99. The van der Waals surface area contributed by atoms with Gasteiger partial charge in [0.05, 0.1) is 11.4 Å². The maximum Gasteiger partial charge on any atom is 0.293 e. The van der Waals surface area contributed by atoms with Gasteiger partial charge in [-0.15, -0.1) is 0 Å². The molecule has 5 nitrogen and oxygen atoms in total. The lowest BCUT2D eigenvalue weighted by Crippen LogP contribution is -2.50. The Hall–Kier alpha value is -1.92. The highest BCUT2D eigenvalue weighted by Gasteiger charge is 2.42. The van der Waals surface area contributed by atoms with E-state index in [-0.39, 0.29) is 30.7 Å². The number of aromatic nitrogens is 2. The van der Waals surface area contributed by atoms with E-state index in [1.807, 2.05) is 13.0 Å². The Morgan fingerprint density at radius 3 is 2.59 bits per heavy atom. The van der Waals surface area contributed by atoms with Gasteiger partial charge in [0.1, 0.15) is 5.82 Å². The average molecular weight is 399 g/mol. The van der Waals surface area contributed by atoms with Crippen molar-refractivity contribution in [3.63, 3.8) is 0 Å². The summed E-state index contributed by atoms with van der Waals surface area (Å²) in [7, 11) is 1.20. The minimum atomic E-state index is -3.55. The number of amides is 1. The van der Waals surface area contributed by atoms with Crippen LogP contribution >= 0.6 is 9.24 Å². The SMILES string of the molecule is CC1CN(C(=O)C(O)C(F)(F)P)CCC1c1ccn(-c2ccc(F)cc2)n1. The third-order valence-corrected chi connectivity index (χ3v) is 5.21. The minimum Gasteiger partial charge on any atom is -0.378 e. The van der Waals surface area contributed by atoms with Crippen molar-refractivity contribution < 1.29 is 23.1 Å². The van der Waals surface area contributed by atoms with Crippen molar-refractivity contribution in [2.45, 2.75) is 31.0 Å². The number of carbonyl (C=O) groups excluding carboxylic acids is 1. The average Bonchev–Trinajstić information content (AvgIpc) is 3.10. The summed E-state index contributed by atoms with van der Waals surface area (Å²) < 4.78 is 41.1. The van der Waals surface area contributed by atoms with Gasteiger partial charge in [-0.05, 0) is 42.7 Å². The number of nitrogens with zero attached hydrogens (tertiary/aromatic N) is 3. The molecule has 1 aromatic heterocycles. The Labute approximate surface area is 157 Å².